The van der Waals surface area contributed by atoms with Crippen molar-refractivity contribution < 1.29 is 13.9 Å². The number of amides is 1. The van der Waals surface area contributed by atoms with Crippen molar-refractivity contribution in [1.82, 2.24) is 19.7 Å². The fourth-order valence-corrected chi connectivity index (χ4v) is 2.20. The van der Waals surface area contributed by atoms with E-state index in [2.05, 4.69) is 10.1 Å². The predicted molar refractivity (Wildman–Crippen MR) is 74.4 cm³/mol. The first-order valence-electron chi connectivity index (χ1n) is 6.87. The first-order chi connectivity index (χ1) is 9.92. The highest BCUT2D eigenvalue weighted by atomic mass is 16.6. The molecule has 1 aliphatic rings. The number of rotatable bonds is 1. The Kier molecular flexibility index (Phi) is 3.19. The van der Waals surface area contributed by atoms with Crippen molar-refractivity contribution in [1.29, 1.82) is 0 Å². The summed E-state index contributed by atoms with van der Waals surface area (Å²) in [4.78, 5) is 17.9. The Morgan fingerprint density at radius 3 is 2.86 bits per heavy atom. The maximum atomic E-state index is 12.1. The number of carbonyl (C=O) groups excluding carboxylic acids is 1. The molecule has 3 heterocycles. The molecule has 0 fully saturated rings. The average molecular weight is 290 g/mol. The molecule has 0 aromatic carbocycles. The van der Waals surface area contributed by atoms with E-state index in [1.165, 1.54) is 6.26 Å². The Morgan fingerprint density at radius 1 is 1.38 bits per heavy atom. The molecule has 0 N–H and O–H groups in total. The minimum Gasteiger partial charge on any atom is -0.444 e. The molecule has 0 aliphatic carbocycles. The Balaban J connectivity index is 1.75. The van der Waals surface area contributed by atoms with Crippen LogP contribution in [0.5, 0.6) is 0 Å². The van der Waals surface area contributed by atoms with Gasteiger partial charge in [0.05, 0.1) is 25.0 Å². The van der Waals surface area contributed by atoms with Crippen LogP contribution in [-0.4, -0.2) is 37.9 Å². The van der Waals surface area contributed by atoms with Crippen LogP contribution in [0.1, 0.15) is 26.5 Å². The van der Waals surface area contributed by atoms with Gasteiger partial charge in [-0.15, -0.1) is 0 Å². The third-order valence-electron chi connectivity index (χ3n) is 3.10. The summed E-state index contributed by atoms with van der Waals surface area (Å²) in [5, 5.41) is 4.44. The van der Waals surface area contributed by atoms with Crippen molar-refractivity contribution in [2.45, 2.75) is 39.5 Å². The number of aromatic nitrogens is 3. The number of hydrogen-bond donors (Lipinski definition) is 0. The van der Waals surface area contributed by atoms with Gasteiger partial charge >= 0.3 is 6.09 Å². The molecule has 7 heteroatoms. The summed E-state index contributed by atoms with van der Waals surface area (Å²) < 4.78 is 12.5. The molecular weight excluding hydrogens is 272 g/mol. The molecule has 112 valence electrons. The number of carbonyl (C=O) groups is 1. The molecule has 7 nitrogen and oxygen atoms in total. The van der Waals surface area contributed by atoms with Gasteiger partial charge in [0.2, 0.25) is 5.89 Å². The molecule has 2 aromatic heterocycles. The van der Waals surface area contributed by atoms with E-state index in [9.17, 15) is 4.79 Å². The van der Waals surface area contributed by atoms with Gasteiger partial charge in [0.15, 0.2) is 0 Å². The lowest BCUT2D eigenvalue weighted by atomic mass is 10.2. The number of ether oxygens (including phenoxy) is 1. The maximum absolute atomic E-state index is 12.1. The molecular formula is C14H18N4O3. The smallest absolute Gasteiger partial charge is 0.410 e. The molecule has 0 spiro atoms. The molecule has 3 rings (SSSR count). The first-order valence-corrected chi connectivity index (χ1v) is 6.87. The molecule has 1 amide bonds. The van der Waals surface area contributed by atoms with Crippen LogP contribution in [0.2, 0.25) is 0 Å². The highest BCUT2D eigenvalue weighted by molar-refractivity contribution is 5.68. The third kappa shape index (κ3) is 2.91. The van der Waals surface area contributed by atoms with Crippen molar-refractivity contribution in [2.75, 3.05) is 6.54 Å². The minimum absolute atomic E-state index is 0.298. The zero-order chi connectivity index (χ0) is 15.0. The van der Waals surface area contributed by atoms with Crippen molar-refractivity contribution in [3.8, 4) is 11.6 Å². The lowest BCUT2D eigenvalue weighted by molar-refractivity contribution is 0.0194. The van der Waals surface area contributed by atoms with Crippen LogP contribution in [0.4, 0.5) is 4.79 Å². The lowest BCUT2D eigenvalue weighted by Gasteiger charge is -2.30. The van der Waals surface area contributed by atoms with E-state index in [-0.39, 0.29) is 6.09 Å². The summed E-state index contributed by atoms with van der Waals surface area (Å²) in [6, 6.07) is 1.89. The van der Waals surface area contributed by atoms with Gasteiger partial charge in [-0.1, -0.05) is 0 Å². The molecule has 0 radical (unpaired) electrons. The van der Waals surface area contributed by atoms with Crippen LogP contribution in [0.15, 0.2) is 22.9 Å². The van der Waals surface area contributed by atoms with E-state index in [1.54, 1.807) is 11.1 Å². The molecule has 21 heavy (non-hydrogen) atoms. The summed E-state index contributed by atoms with van der Waals surface area (Å²) in [7, 11) is 0. The molecule has 1 aliphatic heterocycles. The molecule has 0 saturated heterocycles. The summed E-state index contributed by atoms with van der Waals surface area (Å²) in [6.45, 7) is 7.27. The van der Waals surface area contributed by atoms with Crippen LogP contribution in [0.25, 0.3) is 11.6 Å². The van der Waals surface area contributed by atoms with Gasteiger partial charge in [0, 0.05) is 6.54 Å². The van der Waals surface area contributed by atoms with Gasteiger partial charge in [0.25, 0.3) is 0 Å². The van der Waals surface area contributed by atoms with Gasteiger partial charge in [-0.3, -0.25) is 4.68 Å². The van der Waals surface area contributed by atoms with Crippen molar-refractivity contribution >= 4 is 6.09 Å². The van der Waals surface area contributed by atoms with E-state index >= 15 is 0 Å². The summed E-state index contributed by atoms with van der Waals surface area (Å²) in [5.74, 6) is 0.487. The van der Waals surface area contributed by atoms with E-state index in [0.29, 0.717) is 31.2 Å². The zero-order valence-electron chi connectivity index (χ0n) is 12.4. The van der Waals surface area contributed by atoms with Crippen LogP contribution in [0.3, 0.4) is 0 Å². The number of nitrogens with zero attached hydrogens (tertiary/aromatic N) is 4. The molecule has 0 saturated carbocycles. The summed E-state index contributed by atoms with van der Waals surface area (Å²) in [5.41, 5.74) is 1.14. The topological polar surface area (TPSA) is 73.4 Å². The number of oxazole rings is 1. The van der Waals surface area contributed by atoms with Gasteiger partial charge in [-0.2, -0.15) is 5.10 Å². The molecule has 0 unspecified atom stereocenters. The Hall–Kier alpha value is -2.31. The van der Waals surface area contributed by atoms with Gasteiger partial charge < -0.3 is 14.1 Å². The second kappa shape index (κ2) is 4.91. The van der Waals surface area contributed by atoms with E-state index in [1.807, 2.05) is 31.5 Å². The Morgan fingerprint density at radius 2 is 2.19 bits per heavy atom. The largest absolute Gasteiger partial charge is 0.444 e. The van der Waals surface area contributed by atoms with Gasteiger partial charge in [-0.25, -0.2) is 9.78 Å². The molecule has 0 bridgehead atoms. The summed E-state index contributed by atoms with van der Waals surface area (Å²) >= 11 is 0. The molecule has 0 atom stereocenters. The second-order valence-corrected chi connectivity index (χ2v) is 5.98. The fraction of sp³-hybridized carbons (Fsp3) is 0.500. The quantitative estimate of drug-likeness (QED) is 0.805. The first kappa shape index (κ1) is 13.7. The zero-order valence-corrected chi connectivity index (χ0v) is 12.4. The van der Waals surface area contributed by atoms with Crippen LogP contribution < -0.4 is 0 Å². The standard InChI is InChI=1S/C14H18N4O3/c1-14(2,3)21-13(19)17-5-6-18-10(9-17)8-11(16-18)12-15-4-7-20-12/h4,7-8H,5-6,9H2,1-3H3. The third-order valence-corrected chi connectivity index (χ3v) is 3.10. The van der Waals surface area contributed by atoms with Crippen molar-refractivity contribution in [3.63, 3.8) is 0 Å². The van der Waals surface area contributed by atoms with E-state index < -0.39 is 5.60 Å². The SMILES string of the molecule is CC(C)(C)OC(=O)N1CCn2nc(-c3ncco3)cc2C1. The number of hydrogen-bond acceptors (Lipinski definition) is 5. The molecule has 2 aromatic rings. The monoisotopic (exact) mass is 290 g/mol. The van der Waals surface area contributed by atoms with Crippen LogP contribution in [0, 0.1) is 0 Å². The average Bonchev–Trinajstić information content (AvgIpc) is 3.04. The maximum Gasteiger partial charge on any atom is 0.410 e. The van der Waals surface area contributed by atoms with Crippen molar-refractivity contribution in [2.24, 2.45) is 0 Å². The van der Waals surface area contributed by atoms with Crippen molar-refractivity contribution in [3.05, 3.63) is 24.2 Å². The predicted octanol–water partition coefficient (Wildman–Crippen LogP) is 2.29. The Bertz CT molecular complexity index is 640. The van der Waals surface area contributed by atoms with Crippen LogP contribution >= 0.6 is 0 Å². The highest BCUT2D eigenvalue weighted by Gasteiger charge is 2.27. The van der Waals surface area contributed by atoms with Crippen LogP contribution in [-0.2, 0) is 17.8 Å². The van der Waals surface area contributed by atoms with Gasteiger partial charge in [0.1, 0.15) is 17.6 Å². The Labute approximate surface area is 122 Å². The van der Waals surface area contributed by atoms with E-state index in [4.69, 9.17) is 9.15 Å². The highest BCUT2D eigenvalue weighted by Crippen LogP contribution is 2.22. The summed E-state index contributed by atoms with van der Waals surface area (Å²) in [6.07, 6.45) is 2.80. The van der Waals surface area contributed by atoms with E-state index in [0.717, 1.165) is 5.69 Å². The second-order valence-electron chi connectivity index (χ2n) is 5.98. The lowest BCUT2D eigenvalue weighted by Crippen LogP contribution is -2.41. The fourth-order valence-electron chi connectivity index (χ4n) is 2.20. The number of fused-ring (bicyclic) bond motifs is 1. The minimum atomic E-state index is -0.488. The normalized spacial score (nSPS) is 14.9. The van der Waals surface area contributed by atoms with Gasteiger partial charge in [-0.05, 0) is 26.8 Å².